The molecule has 21 heavy (non-hydrogen) atoms. The van der Waals surface area contributed by atoms with E-state index >= 15 is 0 Å². The summed E-state index contributed by atoms with van der Waals surface area (Å²) >= 11 is 0. The molecule has 0 bridgehead atoms. The first kappa shape index (κ1) is 14.5. The Labute approximate surface area is 126 Å². The van der Waals surface area contributed by atoms with Crippen molar-refractivity contribution >= 4 is 5.65 Å². The van der Waals surface area contributed by atoms with E-state index in [0.717, 1.165) is 24.7 Å². The van der Waals surface area contributed by atoms with Crippen LogP contribution in [0.2, 0.25) is 0 Å². The molecular weight excluding hydrogens is 262 g/mol. The Bertz CT molecular complexity index is 579. The predicted octanol–water partition coefficient (Wildman–Crippen LogP) is 1.89. The number of fused-ring (bicyclic) bond motifs is 1. The van der Waals surface area contributed by atoms with Gasteiger partial charge >= 0.3 is 0 Å². The van der Waals surface area contributed by atoms with Crippen LogP contribution in [0.15, 0.2) is 24.7 Å². The van der Waals surface area contributed by atoms with Gasteiger partial charge in [-0.1, -0.05) is 13.8 Å². The molecule has 1 atom stereocenters. The van der Waals surface area contributed by atoms with Gasteiger partial charge in [-0.15, -0.1) is 0 Å². The zero-order valence-electron chi connectivity index (χ0n) is 13.1. The molecular formula is C16H25N5. The van der Waals surface area contributed by atoms with Crippen LogP contribution in [0, 0.1) is 5.92 Å². The molecule has 0 amide bonds. The van der Waals surface area contributed by atoms with Crippen molar-refractivity contribution < 1.29 is 0 Å². The van der Waals surface area contributed by atoms with Crippen molar-refractivity contribution in [2.45, 2.75) is 26.8 Å². The standard InChI is InChI=1S/C16H25N5/c1-3-19-7-5-15(11-19)12-20(4-2)10-14-6-8-21-16(9-14)17-13-18-21/h6,8-9,13,15H,3-5,7,10-12H2,1-2H3. The van der Waals surface area contributed by atoms with Crippen LogP contribution in [0.3, 0.4) is 0 Å². The van der Waals surface area contributed by atoms with Crippen molar-refractivity contribution in [1.29, 1.82) is 0 Å². The first-order valence-corrected chi connectivity index (χ1v) is 8.01. The van der Waals surface area contributed by atoms with E-state index in [1.165, 1.54) is 38.2 Å². The second-order valence-corrected chi connectivity index (χ2v) is 5.97. The lowest BCUT2D eigenvalue weighted by molar-refractivity contribution is 0.229. The van der Waals surface area contributed by atoms with Crippen molar-refractivity contribution in [1.82, 2.24) is 24.4 Å². The number of nitrogens with zero attached hydrogens (tertiary/aromatic N) is 5. The maximum absolute atomic E-state index is 4.26. The van der Waals surface area contributed by atoms with E-state index < -0.39 is 0 Å². The molecule has 1 saturated heterocycles. The predicted molar refractivity (Wildman–Crippen MR) is 84.2 cm³/mol. The summed E-state index contributed by atoms with van der Waals surface area (Å²) in [5, 5.41) is 4.15. The number of likely N-dealkylation sites (tertiary alicyclic amines) is 1. The minimum atomic E-state index is 0.821. The van der Waals surface area contributed by atoms with Crippen molar-refractivity contribution in [3.8, 4) is 0 Å². The zero-order valence-corrected chi connectivity index (χ0v) is 13.1. The van der Waals surface area contributed by atoms with E-state index in [4.69, 9.17) is 0 Å². The zero-order chi connectivity index (χ0) is 14.7. The Morgan fingerprint density at radius 1 is 1.38 bits per heavy atom. The molecule has 1 aliphatic rings. The number of aromatic nitrogens is 3. The highest BCUT2D eigenvalue weighted by Gasteiger charge is 2.22. The van der Waals surface area contributed by atoms with E-state index in [-0.39, 0.29) is 0 Å². The average Bonchev–Trinajstić information content (AvgIpc) is 3.14. The van der Waals surface area contributed by atoms with Gasteiger partial charge < -0.3 is 4.90 Å². The molecule has 5 heteroatoms. The summed E-state index contributed by atoms with van der Waals surface area (Å²) in [6.07, 6.45) is 4.95. The van der Waals surface area contributed by atoms with Crippen LogP contribution in [-0.4, -0.2) is 57.1 Å². The number of hydrogen-bond donors (Lipinski definition) is 0. The van der Waals surface area contributed by atoms with Gasteiger partial charge in [0.05, 0.1) is 0 Å². The summed E-state index contributed by atoms with van der Waals surface area (Å²) in [7, 11) is 0. The maximum atomic E-state index is 4.26. The van der Waals surface area contributed by atoms with Crippen LogP contribution in [0.25, 0.3) is 5.65 Å². The molecule has 2 aromatic heterocycles. The van der Waals surface area contributed by atoms with Gasteiger partial charge in [-0.05, 0) is 49.7 Å². The Morgan fingerprint density at radius 2 is 2.29 bits per heavy atom. The first-order chi connectivity index (χ1) is 10.3. The summed E-state index contributed by atoms with van der Waals surface area (Å²) in [5.41, 5.74) is 2.25. The highest BCUT2D eigenvalue weighted by molar-refractivity contribution is 5.39. The molecule has 114 valence electrons. The fraction of sp³-hybridized carbons (Fsp3) is 0.625. The number of pyridine rings is 1. The van der Waals surface area contributed by atoms with Gasteiger partial charge in [0.25, 0.3) is 0 Å². The van der Waals surface area contributed by atoms with Gasteiger partial charge in [0, 0.05) is 25.8 Å². The molecule has 3 rings (SSSR count). The highest BCUT2D eigenvalue weighted by Crippen LogP contribution is 2.18. The molecule has 5 nitrogen and oxygen atoms in total. The third kappa shape index (κ3) is 3.41. The van der Waals surface area contributed by atoms with Gasteiger partial charge in [-0.2, -0.15) is 5.10 Å². The Kier molecular flexibility index (Phi) is 4.51. The highest BCUT2D eigenvalue weighted by atomic mass is 15.3. The molecule has 0 spiro atoms. The lowest BCUT2D eigenvalue weighted by atomic mass is 10.1. The van der Waals surface area contributed by atoms with Gasteiger partial charge in [0.15, 0.2) is 5.65 Å². The average molecular weight is 287 g/mol. The molecule has 1 unspecified atom stereocenters. The van der Waals surface area contributed by atoms with Crippen molar-refractivity contribution in [3.05, 3.63) is 30.2 Å². The van der Waals surface area contributed by atoms with Crippen molar-refractivity contribution in [2.24, 2.45) is 5.92 Å². The minimum Gasteiger partial charge on any atom is -0.303 e. The molecule has 0 N–H and O–H groups in total. The third-order valence-electron chi connectivity index (χ3n) is 4.53. The number of hydrogen-bond acceptors (Lipinski definition) is 4. The van der Waals surface area contributed by atoms with E-state index in [0.29, 0.717) is 0 Å². The van der Waals surface area contributed by atoms with Crippen molar-refractivity contribution in [2.75, 3.05) is 32.7 Å². The van der Waals surface area contributed by atoms with E-state index in [1.807, 2.05) is 10.7 Å². The molecule has 0 saturated carbocycles. The lowest BCUT2D eigenvalue weighted by Crippen LogP contribution is -2.30. The van der Waals surface area contributed by atoms with Gasteiger partial charge in [-0.25, -0.2) is 9.50 Å². The van der Waals surface area contributed by atoms with Gasteiger partial charge in [0.1, 0.15) is 6.33 Å². The summed E-state index contributed by atoms with van der Waals surface area (Å²) in [4.78, 5) is 9.37. The molecule has 2 aromatic rings. The quantitative estimate of drug-likeness (QED) is 0.813. The summed E-state index contributed by atoms with van der Waals surface area (Å²) in [6, 6.07) is 4.29. The SMILES string of the molecule is CCN1CCC(CN(CC)Cc2ccn3ncnc3c2)C1. The maximum Gasteiger partial charge on any atom is 0.155 e. The van der Waals surface area contributed by atoms with Crippen LogP contribution in [0.4, 0.5) is 0 Å². The molecule has 0 aromatic carbocycles. The Hall–Kier alpha value is -1.46. The molecule has 3 heterocycles. The summed E-state index contributed by atoms with van der Waals surface area (Å²) in [5.74, 6) is 0.821. The van der Waals surface area contributed by atoms with Gasteiger partial charge in [0.2, 0.25) is 0 Å². The second-order valence-electron chi connectivity index (χ2n) is 5.97. The fourth-order valence-electron chi connectivity index (χ4n) is 3.23. The van der Waals surface area contributed by atoms with Crippen LogP contribution in [0.1, 0.15) is 25.8 Å². The van der Waals surface area contributed by atoms with Crippen LogP contribution >= 0.6 is 0 Å². The second kappa shape index (κ2) is 6.54. The largest absolute Gasteiger partial charge is 0.303 e. The normalized spacial score (nSPS) is 19.9. The summed E-state index contributed by atoms with van der Waals surface area (Å²) in [6.45, 7) is 11.5. The first-order valence-electron chi connectivity index (χ1n) is 8.01. The summed E-state index contributed by atoms with van der Waals surface area (Å²) < 4.78 is 1.82. The van der Waals surface area contributed by atoms with Gasteiger partial charge in [-0.3, -0.25) is 4.90 Å². The van der Waals surface area contributed by atoms with Crippen molar-refractivity contribution in [3.63, 3.8) is 0 Å². The smallest absolute Gasteiger partial charge is 0.155 e. The molecule has 0 aliphatic carbocycles. The van der Waals surface area contributed by atoms with E-state index in [1.54, 1.807) is 6.33 Å². The molecule has 0 radical (unpaired) electrons. The van der Waals surface area contributed by atoms with Crippen LogP contribution in [-0.2, 0) is 6.54 Å². The van der Waals surface area contributed by atoms with Crippen LogP contribution < -0.4 is 0 Å². The Morgan fingerprint density at radius 3 is 3.05 bits per heavy atom. The van der Waals surface area contributed by atoms with Crippen LogP contribution in [0.5, 0.6) is 0 Å². The monoisotopic (exact) mass is 287 g/mol. The van der Waals surface area contributed by atoms with E-state index in [9.17, 15) is 0 Å². The topological polar surface area (TPSA) is 36.7 Å². The van der Waals surface area contributed by atoms with E-state index in [2.05, 4.69) is 45.9 Å². The third-order valence-corrected chi connectivity index (χ3v) is 4.53. The Balaban J connectivity index is 1.61. The number of rotatable bonds is 6. The molecule has 1 fully saturated rings. The lowest BCUT2D eigenvalue weighted by Gasteiger charge is -2.24. The fourth-order valence-corrected chi connectivity index (χ4v) is 3.23. The molecule has 1 aliphatic heterocycles. The minimum absolute atomic E-state index is 0.821.